The number of sulfone groups is 1. The first-order chi connectivity index (χ1) is 14.9. The van der Waals surface area contributed by atoms with Crippen LogP contribution in [0.2, 0.25) is 0 Å². The lowest BCUT2D eigenvalue weighted by molar-refractivity contribution is -0.131. The van der Waals surface area contributed by atoms with Gasteiger partial charge in [-0.2, -0.15) is 0 Å². The van der Waals surface area contributed by atoms with Crippen LogP contribution in [0, 0.1) is 12.8 Å². The Morgan fingerprint density at radius 1 is 1.09 bits per heavy atom. The number of ether oxygens (including phenoxy) is 1. The molecule has 32 heavy (non-hydrogen) atoms. The largest absolute Gasteiger partial charge is 0.372 e. The van der Waals surface area contributed by atoms with E-state index in [9.17, 15) is 13.2 Å². The molecule has 2 heterocycles. The predicted molar refractivity (Wildman–Crippen MR) is 130 cm³/mol. The fourth-order valence-electron chi connectivity index (χ4n) is 4.65. The molecule has 0 saturated carbocycles. The molecule has 1 amide bonds. The number of nitrogens with zero attached hydrogens (tertiary/aromatic N) is 2. The number of carbonyl (C=O) groups excluding carboxylic acids is 1. The zero-order valence-corrected chi connectivity index (χ0v) is 21.4. The van der Waals surface area contributed by atoms with Gasteiger partial charge in [0.1, 0.15) is 0 Å². The Kier molecular flexibility index (Phi) is 7.60. The molecule has 7 heteroatoms. The zero-order valence-electron chi connectivity index (χ0n) is 20.6. The van der Waals surface area contributed by atoms with E-state index in [1.807, 2.05) is 4.90 Å². The maximum atomic E-state index is 12.9. The highest BCUT2D eigenvalue weighted by Crippen LogP contribution is 2.27. The van der Waals surface area contributed by atoms with Crippen LogP contribution in [0.3, 0.4) is 0 Å². The van der Waals surface area contributed by atoms with Crippen LogP contribution in [0.1, 0.15) is 58.6 Å². The van der Waals surface area contributed by atoms with Crippen molar-refractivity contribution in [3.8, 4) is 0 Å². The van der Waals surface area contributed by atoms with E-state index in [-0.39, 0.29) is 29.8 Å². The molecule has 2 saturated heterocycles. The van der Waals surface area contributed by atoms with Crippen LogP contribution in [0.25, 0.3) is 0 Å². The van der Waals surface area contributed by atoms with Crippen LogP contribution < -0.4 is 4.90 Å². The minimum absolute atomic E-state index is 0.131. The molecule has 3 rings (SSSR count). The van der Waals surface area contributed by atoms with Crippen molar-refractivity contribution in [1.82, 2.24) is 4.90 Å². The third-order valence-corrected chi connectivity index (χ3v) is 9.58. The van der Waals surface area contributed by atoms with E-state index in [2.05, 4.69) is 43.9 Å². The highest BCUT2D eigenvalue weighted by Gasteiger charge is 2.33. The number of amides is 1. The normalized spacial score (nSPS) is 23.4. The summed E-state index contributed by atoms with van der Waals surface area (Å²) >= 11 is 0. The number of morpholine rings is 1. The molecule has 0 aliphatic carbocycles. The van der Waals surface area contributed by atoms with Crippen LogP contribution in [-0.4, -0.2) is 68.1 Å². The number of rotatable bonds is 5. The van der Waals surface area contributed by atoms with Crippen LogP contribution in [-0.2, 0) is 25.8 Å². The molecular weight excluding hydrogens is 424 g/mol. The Hall–Kier alpha value is -1.60. The number of carbonyl (C=O) groups is 1. The van der Waals surface area contributed by atoms with Gasteiger partial charge in [-0.15, -0.1) is 0 Å². The van der Waals surface area contributed by atoms with Crippen molar-refractivity contribution in [2.75, 3.05) is 36.8 Å². The number of hydrogen-bond acceptors (Lipinski definition) is 5. The number of hydrogen-bond donors (Lipinski definition) is 0. The SMILES string of the molecule is Cc1cc(N2C[C@@H](C)O[C@@H](C)C2)ccc1CC(=O)N1CCC(CS(=O)(=O)C(C)(C)C)CC1. The fourth-order valence-corrected chi connectivity index (χ4v) is 6.10. The van der Waals surface area contributed by atoms with E-state index >= 15 is 0 Å². The van der Waals surface area contributed by atoms with Gasteiger partial charge in [0, 0.05) is 31.9 Å². The van der Waals surface area contributed by atoms with Crippen molar-refractivity contribution in [3.63, 3.8) is 0 Å². The smallest absolute Gasteiger partial charge is 0.226 e. The molecule has 0 unspecified atom stereocenters. The molecule has 0 radical (unpaired) electrons. The summed E-state index contributed by atoms with van der Waals surface area (Å²) in [6.45, 7) is 14.6. The van der Waals surface area contributed by atoms with E-state index in [1.165, 1.54) is 5.69 Å². The Morgan fingerprint density at radius 2 is 1.69 bits per heavy atom. The van der Waals surface area contributed by atoms with Gasteiger partial charge in [0.05, 0.1) is 29.1 Å². The van der Waals surface area contributed by atoms with Crippen LogP contribution in [0.5, 0.6) is 0 Å². The van der Waals surface area contributed by atoms with Crippen molar-refractivity contribution < 1.29 is 17.9 Å². The number of anilines is 1. The van der Waals surface area contributed by atoms with Crippen molar-refractivity contribution >= 4 is 21.4 Å². The topological polar surface area (TPSA) is 66.9 Å². The quantitative estimate of drug-likeness (QED) is 0.666. The lowest BCUT2D eigenvalue weighted by Gasteiger charge is -2.37. The van der Waals surface area contributed by atoms with Gasteiger partial charge in [0.2, 0.25) is 5.91 Å². The number of likely N-dealkylation sites (tertiary alicyclic amines) is 1. The van der Waals surface area contributed by atoms with Crippen LogP contribution in [0.15, 0.2) is 18.2 Å². The summed E-state index contributed by atoms with van der Waals surface area (Å²) in [4.78, 5) is 17.2. The molecule has 180 valence electrons. The number of benzene rings is 1. The first kappa shape index (κ1) is 25.0. The average molecular weight is 465 g/mol. The summed E-state index contributed by atoms with van der Waals surface area (Å²) in [5.41, 5.74) is 3.38. The number of aryl methyl sites for hydroxylation is 1. The zero-order chi connectivity index (χ0) is 23.7. The standard InChI is InChI=1S/C25H40N2O4S/c1-18-13-23(27-15-19(2)31-20(3)16-27)8-7-22(18)14-24(28)26-11-9-21(10-12-26)17-32(29,30)25(4,5)6/h7-8,13,19-21H,9-12,14-17H2,1-6H3/t19-,20+. The van der Waals surface area contributed by atoms with Crippen LogP contribution >= 0.6 is 0 Å². The minimum Gasteiger partial charge on any atom is -0.372 e. The Labute approximate surface area is 194 Å². The molecule has 0 aromatic heterocycles. The van der Waals surface area contributed by atoms with Gasteiger partial charge in [0.25, 0.3) is 0 Å². The van der Waals surface area contributed by atoms with Crippen LogP contribution in [0.4, 0.5) is 5.69 Å². The highest BCUT2D eigenvalue weighted by molar-refractivity contribution is 7.92. The molecule has 2 aliphatic rings. The molecule has 6 nitrogen and oxygen atoms in total. The first-order valence-electron chi connectivity index (χ1n) is 11.9. The predicted octanol–water partition coefficient (Wildman–Crippen LogP) is 3.60. The summed E-state index contributed by atoms with van der Waals surface area (Å²) in [6, 6.07) is 6.37. The third-order valence-electron chi connectivity index (χ3n) is 6.81. The van der Waals surface area contributed by atoms with Crippen molar-refractivity contribution in [3.05, 3.63) is 29.3 Å². The van der Waals surface area contributed by atoms with Gasteiger partial charge in [0.15, 0.2) is 9.84 Å². The second-order valence-electron chi connectivity index (χ2n) is 10.7. The fraction of sp³-hybridized carbons (Fsp3) is 0.720. The first-order valence-corrected chi connectivity index (χ1v) is 13.5. The lowest BCUT2D eigenvalue weighted by Crippen LogP contribution is -2.45. The van der Waals surface area contributed by atoms with E-state index in [0.717, 1.165) is 37.1 Å². The molecule has 2 atom stereocenters. The molecule has 2 aliphatic heterocycles. The number of piperidine rings is 1. The van der Waals surface area contributed by atoms with Gasteiger partial charge in [-0.25, -0.2) is 8.42 Å². The highest BCUT2D eigenvalue weighted by atomic mass is 32.2. The van der Waals surface area contributed by atoms with Crippen molar-refractivity contribution in [2.24, 2.45) is 5.92 Å². The molecule has 1 aromatic carbocycles. The Balaban J connectivity index is 1.55. The van der Waals surface area contributed by atoms with Gasteiger partial charge < -0.3 is 14.5 Å². The average Bonchev–Trinajstić information content (AvgIpc) is 2.68. The van der Waals surface area contributed by atoms with Gasteiger partial charge >= 0.3 is 0 Å². The molecule has 0 spiro atoms. The monoisotopic (exact) mass is 464 g/mol. The van der Waals surface area contributed by atoms with E-state index < -0.39 is 14.6 Å². The maximum Gasteiger partial charge on any atom is 0.226 e. The maximum absolute atomic E-state index is 12.9. The van der Waals surface area contributed by atoms with Gasteiger partial charge in [-0.05, 0) is 83.6 Å². The lowest BCUT2D eigenvalue weighted by atomic mass is 9.97. The Morgan fingerprint density at radius 3 is 2.22 bits per heavy atom. The van der Waals surface area contributed by atoms with E-state index in [0.29, 0.717) is 19.5 Å². The van der Waals surface area contributed by atoms with E-state index in [4.69, 9.17) is 4.74 Å². The summed E-state index contributed by atoms with van der Waals surface area (Å²) in [7, 11) is -3.13. The Bertz CT molecular complexity index is 904. The summed E-state index contributed by atoms with van der Waals surface area (Å²) < 4.78 is 30.1. The third kappa shape index (κ3) is 6.04. The molecule has 2 fully saturated rings. The molecule has 0 N–H and O–H groups in total. The minimum atomic E-state index is -3.13. The van der Waals surface area contributed by atoms with Gasteiger partial charge in [-0.3, -0.25) is 4.79 Å². The van der Waals surface area contributed by atoms with Gasteiger partial charge in [-0.1, -0.05) is 6.07 Å². The van der Waals surface area contributed by atoms with Crippen molar-refractivity contribution in [1.29, 1.82) is 0 Å². The van der Waals surface area contributed by atoms with E-state index in [1.54, 1.807) is 20.8 Å². The van der Waals surface area contributed by atoms with Crippen molar-refractivity contribution in [2.45, 2.75) is 77.8 Å². The molecule has 0 bridgehead atoms. The second-order valence-corrected chi connectivity index (χ2v) is 13.5. The summed E-state index contributed by atoms with van der Waals surface area (Å²) in [5.74, 6) is 0.493. The second kappa shape index (κ2) is 9.72. The molecule has 1 aromatic rings. The molecular formula is C25H40N2O4S. The summed E-state index contributed by atoms with van der Waals surface area (Å²) in [6.07, 6.45) is 2.33. The summed E-state index contributed by atoms with van der Waals surface area (Å²) in [5, 5.41) is 0.